The number of ether oxygens (including phenoxy) is 1. The van der Waals surface area contributed by atoms with Gasteiger partial charge in [-0.1, -0.05) is 0 Å². The third kappa shape index (κ3) is 5.58. The molecule has 1 saturated heterocycles. The van der Waals surface area contributed by atoms with Gasteiger partial charge in [0.05, 0.1) is 25.5 Å². The number of rotatable bonds is 7. The fourth-order valence-corrected chi connectivity index (χ4v) is 3.65. The van der Waals surface area contributed by atoms with Crippen molar-refractivity contribution in [2.75, 3.05) is 45.1 Å². The van der Waals surface area contributed by atoms with Gasteiger partial charge in [0, 0.05) is 19.6 Å². The van der Waals surface area contributed by atoms with Gasteiger partial charge in [0.1, 0.15) is 0 Å². The highest BCUT2D eigenvalue weighted by atomic mass is 79.9. The molecule has 0 radical (unpaired) electrons. The Labute approximate surface area is 147 Å². The van der Waals surface area contributed by atoms with Gasteiger partial charge < -0.3 is 19.8 Å². The summed E-state index contributed by atoms with van der Waals surface area (Å²) in [6.07, 6.45) is 0. The zero-order valence-electron chi connectivity index (χ0n) is 12.8. The van der Waals surface area contributed by atoms with Gasteiger partial charge in [-0.2, -0.15) is 4.31 Å². The average Bonchev–Trinajstić information content (AvgIpc) is 3.00. The second kappa shape index (κ2) is 8.60. The smallest absolute Gasteiger partial charge is 0.287 e. The number of carbonyl (C=O) groups excluding carboxylic acids is 2. The summed E-state index contributed by atoms with van der Waals surface area (Å²) in [5, 5.41) is 4.84. The van der Waals surface area contributed by atoms with Gasteiger partial charge in [-0.25, -0.2) is 8.42 Å². The highest BCUT2D eigenvalue weighted by Gasteiger charge is 2.24. The van der Waals surface area contributed by atoms with Crippen LogP contribution >= 0.6 is 15.9 Å². The Morgan fingerprint density at radius 3 is 2.54 bits per heavy atom. The Hall–Kier alpha value is -1.43. The summed E-state index contributed by atoms with van der Waals surface area (Å²) in [6, 6.07) is 3.03. The molecule has 0 aliphatic carbocycles. The first-order valence-electron chi connectivity index (χ1n) is 7.24. The number of nitrogens with zero attached hydrogens (tertiary/aromatic N) is 1. The average molecular weight is 424 g/mol. The quantitative estimate of drug-likeness (QED) is 0.612. The summed E-state index contributed by atoms with van der Waals surface area (Å²) in [4.78, 5) is 23.3. The number of morpholine rings is 1. The maximum absolute atomic E-state index is 12.1. The highest BCUT2D eigenvalue weighted by Crippen LogP contribution is 2.13. The third-order valence-corrected chi connectivity index (χ3v) is 5.55. The zero-order chi connectivity index (χ0) is 17.6. The van der Waals surface area contributed by atoms with Crippen LogP contribution in [0.4, 0.5) is 0 Å². The largest absolute Gasteiger partial charge is 0.444 e. The van der Waals surface area contributed by atoms with Crippen molar-refractivity contribution in [1.82, 2.24) is 14.9 Å². The van der Waals surface area contributed by atoms with Crippen LogP contribution in [0, 0.1) is 0 Å². The molecular weight excluding hydrogens is 406 g/mol. The first-order valence-corrected chi connectivity index (χ1v) is 9.64. The van der Waals surface area contributed by atoms with Gasteiger partial charge in [0.2, 0.25) is 15.9 Å². The maximum atomic E-state index is 12.1. The third-order valence-electron chi connectivity index (χ3n) is 3.25. The lowest BCUT2D eigenvalue weighted by Gasteiger charge is -2.26. The molecule has 24 heavy (non-hydrogen) atoms. The first-order chi connectivity index (χ1) is 11.4. The van der Waals surface area contributed by atoms with Crippen molar-refractivity contribution in [1.29, 1.82) is 0 Å². The van der Waals surface area contributed by atoms with E-state index in [2.05, 4.69) is 26.6 Å². The molecule has 0 unspecified atom stereocenters. The van der Waals surface area contributed by atoms with Crippen molar-refractivity contribution in [2.45, 2.75) is 0 Å². The summed E-state index contributed by atoms with van der Waals surface area (Å²) in [5.41, 5.74) is 0. The molecule has 0 saturated carbocycles. The molecule has 2 rings (SSSR count). The van der Waals surface area contributed by atoms with Gasteiger partial charge in [0.15, 0.2) is 10.4 Å². The first kappa shape index (κ1) is 18.9. The Balaban J connectivity index is 1.68. The molecular formula is C13H18BrN3O6S. The molecule has 2 amide bonds. The van der Waals surface area contributed by atoms with E-state index in [9.17, 15) is 18.0 Å². The van der Waals surface area contributed by atoms with Crippen LogP contribution in [0.25, 0.3) is 0 Å². The standard InChI is InChI=1S/C13H18BrN3O6S/c14-11-2-1-10(23-11)13(19)16-9-12(18)15-3-8-24(20,21)17-4-6-22-7-5-17/h1-2H,3-9H2,(H,15,18)(H,16,19). The molecule has 2 heterocycles. The predicted octanol–water partition coefficient (Wildman–Crippen LogP) is -0.450. The number of sulfonamides is 1. The van der Waals surface area contributed by atoms with E-state index in [-0.39, 0.29) is 24.6 Å². The minimum atomic E-state index is -3.42. The number of amides is 2. The van der Waals surface area contributed by atoms with Crippen LogP contribution in [0.3, 0.4) is 0 Å². The molecule has 0 spiro atoms. The second-order valence-corrected chi connectivity index (χ2v) is 7.83. The molecule has 9 nitrogen and oxygen atoms in total. The molecule has 1 aliphatic heterocycles. The SMILES string of the molecule is O=C(CNC(=O)c1ccc(Br)o1)NCCS(=O)(=O)N1CCOCC1. The lowest BCUT2D eigenvalue weighted by Crippen LogP contribution is -2.44. The van der Waals surface area contributed by atoms with Gasteiger partial charge >= 0.3 is 0 Å². The topological polar surface area (TPSA) is 118 Å². The molecule has 11 heteroatoms. The Bertz CT molecular complexity index is 684. The summed E-state index contributed by atoms with van der Waals surface area (Å²) >= 11 is 3.07. The van der Waals surface area contributed by atoms with Crippen LogP contribution in [0.5, 0.6) is 0 Å². The molecule has 2 N–H and O–H groups in total. The maximum Gasteiger partial charge on any atom is 0.287 e. The minimum Gasteiger partial charge on any atom is -0.444 e. The zero-order valence-corrected chi connectivity index (χ0v) is 15.2. The summed E-state index contributed by atoms with van der Waals surface area (Å²) < 4.78 is 36.0. The second-order valence-electron chi connectivity index (χ2n) is 4.96. The van der Waals surface area contributed by atoms with E-state index in [0.29, 0.717) is 31.0 Å². The molecule has 1 aromatic rings. The molecule has 0 atom stereocenters. The van der Waals surface area contributed by atoms with Crippen LogP contribution < -0.4 is 10.6 Å². The van der Waals surface area contributed by atoms with Crippen molar-refractivity contribution in [3.63, 3.8) is 0 Å². The van der Waals surface area contributed by atoms with Crippen molar-refractivity contribution in [3.05, 3.63) is 22.6 Å². The van der Waals surface area contributed by atoms with Gasteiger partial charge in [-0.05, 0) is 28.1 Å². The Kier molecular flexibility index (Phi) is 6.78. The number of nitrogens with one attached hydrogen (secondary N) is 2. The summed E-state index contributed by atoms with van der Waals surface area (Å²) in [6.45, 7) is 1.10. The molecule has 0 aromatic carbocycles. The van der Waals surface area contributed by atoms with Gasteiger partial charge in [-0.15, -0.1) is 0 Å². The number of hydrogen-bond acceptors (Lipinski definition) is 6. The minimum absolute atomic E-state index is 0.0271. The van der Waals surface area contributed by atoms with Crippen LogP contribution in [0.15, 0.2) is 21.2 Å². The van der Waals surface area contributed by atoms with E-state index in [1.165, 1.54) is 10.4 Å². The Morgan fingerprint density at radius 2 is 1.92 bits per heavy atom. The van der Waals surface area contributed by atoms with Crippen LogP contribution in [0.2, 0.25) is 0 Å². The highest BCUT2D eigenvalue weighted by molar-refractivity contribution is 9.10. The summed E-state index contributed by atoms with van der Waals surface area (Å²) in [5.74, 6) is -1.13. The van der Waals surface area contributed by atoms with E-state index in [0.717, 1.165) is 0 Å². The summed E-state index contributed by atoms with van der Waals surface area (Å²) in [7, 11) is -3.42. The molecule has 1 aromatic heterocycles. The van der Waals surface area contributed by atoms with Crippen LogP contribution in [-0.2, 0) is 19.6 Å². The van der Waals surface area contributed by atoms with E-state index in [4.69, 9.17) is 9.15 Å². The van der Waals surface area contributed by atoms with E-state index in [1.54, 1.807) is 6.07 Å². The van der Waals surface area contributed by atoms with Crippen LogP contribution in [-0.4, -0.2) is 69.7 Å². The number of halogens is 1. The number of carbonyl (C=O) groups is 2. The fraction of sp³-hybridized carbons (Fsp3) is 0.538. The Morgan fingerprint density at radius 1 is 1.21 bits per heavy atom. The molecule has 0 bridgehead atoms. The van der Waals surface area contributed by atoms with E-state index >= 15 is 0 Å². The number of hydrogen-bond donors (Lipinski definition) is 2. The van der Waals surface area contributed by atoms with E-state index in [1.807, 2.05) is 0 Å². The van der Waals surface area contributed by atoms with Gasteiger partial charge in [-0.3, -0.25) is 9.59 Å². The van der Waals surface area contributed by atoms with Crippen molar-refractivity contribution < 1.29 is 27.2 Å². The van der Waals surface area contributed by atoms with Crippen molar-refractivity contribution >= 4 is 37.8 Å². The lowest BCUT2D eigenvalue weighted by atomic mass is 10.4. The molecule has 1 fully saturated rings. The monoisotopic (exact) mass is 423 g/mol. The molecule has 1 aliphatic rings. The van der Waals surface area contributed by atoms with Crippen molar-refractivity contribution in [3.8, 4) is 0 Å². The molecule has 134 valence electrons. The van der Waals surface area contributed by atoms with E-state index < -0.39 is 21.8 Å². The predicted molar refractivity (Wildman–Crippen MR) is 87.9 cm³/mol. The van der Waals surface area contributed by atoms with Crippen molar-refractivity contribution in [2.24, 2.45) is 0 Å². The van der Waals surface area contributed by atoms with Crippen LogP contribution in [0.1, 0.15) is 10.6 Å². The lowest BCUT2D eigenvalue weighted by molar-refractivity contribution is -0.120. The number of furan rings is 1. The normalized spacial score (nSPS) is 15.9. The van der Waals surface area contributed by atoms with Gasteiger partial charge in [0.25, 0.3) is 5.91 Å². The fourth-order valence-electron chi connectivity index (χ4n) is 2.02.